The minimum absolute atomic E-state index is 0.0255. The first kappa shape index (κ1) is 15.7. The smallest absolute Gasteiger partial charge is 0.229 e. The number of likely N-dealkylation sites (tertiary alicyclic amines) is 1. The molecule has 1 N–H and O–H groups in total. The topological polar surface area (TPSA) is 66.5 Å². The maximum absolute atomic E-state index is 12.1. The van der Waals surface area contributed by atoms with Gasteiger partial charge in [-0.1, -0.05) is 19.9 Å². The summed E-state index contributed by atoms with van der Waals surface area (Å²) < 4.78 is 0. The molecule has 1 aromatic rings. The lowest BCUT2D eigenvalue weighted by molar-refractivity contribution is -0.138. The van der Waals surface area contributed by atoms with Crippen molar-refractivity contribution in [2.75, 3.05) is 6.54 Å². The van der Waals surface area contributed by atoms with Crippen molar-refractivity contribution in [3.05, 3.63) is 22.4 Å². The van der Waals surface area contributed by atoms with Crippen LogP contribution in [0.5, 0.6) is 0 Å². The largest absolute Gasteiger partial charge is 0.348 e. The van der Waals surface area contributed by atoms with E-state index >= 15 is 0 Å². The summed E-state index contributed by atoms with van der Waals surface area (Å²) in [5, 5.41) is 4.98. The Balaban J connectivity index is 1.88. The van der Waals surface area contributed by atoms with Crippen LogP contribution in [0.4, 0.5) is 0 Å². The van der Waals surface area contributed by atoms with E-state index in [1.54, 1.807) is 11.3 Å². The summed E-state index contributed by atoms with van der Waals surface area (Å²) in [5.74, 6) is -0.199. The van der Waals surface area contributed by atoms with E-state index in [4.69, 9.17) is 0 Å². The highest BCUT2D eigenvalue weighted by Crippen LogP contribution is 2.25. The van der Waals surface area contributed by atoms with E-state index in [9.17, 15) is 14.4 Å². The highest BCUT2D eigenvalue weighted by Gasteiger charge is 2.29. The highest BCUT2D eigenvalue weighted by atomic mass is 32.1. The quantitative estimate of drug-likeness (QED) is 0.818. The molecule has 0 bridgehead atoms. The Labute approximate surface area is 128 Å². The SMILES string of the molecule is CC(C)[C@H](NC(=O)CCN1C(=O)CCC1=O)c1cccs1. The van der Waals surface area contributed by atoms with Crippen LogP contribution in [0.15, 0.2) is 17.5 Å². The van der Waals surface area contributed by atoms with E-state index in [-0.39, 0.29) is 55.5 Å². The second kappa shape index (κ2) is 6.85. The minimum atomic E-state index is -0.175. The third-order valence-electron chi connectivity index (χ3n) is 3.55. The molecule has 1 aromatic heterocycles. The maximum atomic E-state index is 12.1. The summed E-state index contributed by atoms with van der Waals surface area (Å²) in [5.41, 5.74) is 0. The Morgan fingerprint density at radius 1 is 1.33 bits per heavy atom. The molecular weight excluding hydrogens is 288 g/mol. The predicted molar refractivity (Wildman–Crippen MR) is 80.6 cm³/mol. The molecule has 0 aliphatic carbocycles. The first-order valence-electron chi connectivity index (χ1n) is 7.15. The molecule has 5 nitrogen and oxygen atoms in total. The van der Waals surface area contributed by atoms with Crippen molar-refractivity contribution >= 4 is 29.1 Å². The molecule has 0 aromatic carbocycles. The molecule has 6 heteroatoms. The Morgan fingerprint density at radius 3 is 2.52 bits per heavy atom. The summed E-state index contributed by atoms with van der Waals surface area (Å²) in [6.07, 6.45) is 0.695. The van der Waals surface area contributed by atoms with Crippen molar-refractivity contribution in [1.29, 1.82) is 0 Å². The first-order chi connectivity index (χ1) is 9.99. The fourth-order valence-electron chi connectivity index (χ4n) is 2.37. The lowest BCUT2D eigenvalue weighted by Gasteiger charge is -2.22. The molecular formula is C15H20N2O3S. The number of amides is 3. The van der Waals surface area contributed by atoms with Gasteiger partial charge in [0.25, 0.3) is 0 Å². The third kappa shape index (κ3) is 3.91. The van der Waals surface area contributed by atoms with E-state index in [2.05, 4.69) is 19.2 Å². The molecule has 0 saturated carbocycles. The van der Waals surface area contributed by atoms with Crippen LogP contribution in [0.25, 0.3) is 0 Å². The summed E-state index contributed by atoms with van der Waals surface area (Å²) in [4.78, 5) is 37.4. The molecule has 2 heterocycles. The number of carbonyl (C=O) groups is 3. The Morgan fingerprint density at radius 2 is 2.00 bits per heavy atom. The van der Waals surface area contributed by atoms with Crippen LogP contribution < -0.4 is 5.32 Å². The fourth-order valence-corrected chi connectivity index (χ4v) is 3.31. The lowest BCUT2D eigenvalue weighted by atomic mass is 10.0. The van der Waals surface area contributed by atoms with Crippen LogP contribution >= 0.6 is 11.3 Å². The molecule has 0 radical (unpaired) electrons. The number of nitrogens with one attached hydrogen (secondary N) is 1. The molecule has 2 rings (SSSR count). The van der Waals surface area contributed by atoms with Gasteiger partial charge in [0.2, 0.25) is 17.7 Å². The number of thiophene rings is 1. The molecule has 114 valence electrons. The Kier molecular flexibility index (Phi) is 5.12. The zero-order valence-electron chi connectivity index (χ0n) is 12.3. The number of hydrogen-bond acceptors (Lipinski definition) is 4. The molecule has 1 atom stereocenters. The van der Waals surface area contributed by atoms with Gasteiger partial charge in [-0.05, 0) is 17.4 Å². The zero-order chi connectivity index (χ0) is 15.4. The molecule has 21 heavy (non-hydrogen) atoms. The molecule has 0 unspecified atom stereocenters. The third-order valence-corrected chi connectivity index (χ3v) is 4.51. The number of carbonyl (C=O) groups excluding carboxylic acids is 3. The average Bonchev–Trinajstić information content (AvgIpc) is 3.05. The van der Waals surface area contributed by atoms with Gasteiger partial charge >= 0.3 is 0 Å². The van der Waals surface area contributed by atoms with Gasteiger partial charge in [0.05, 0.1) is 6.04 Å². The van der Waals surface area contributed by atoms with Crippen molar-refractivity contribution in [3.63, 3.8) is 0 Å². The number of hydrogen-bond donors (Lipinski definition) is 1. The van der Waals surface area contributed by atoms with Crippen molar-refractivity contribution in [2.24, 2.45) is 5.92 Å². The standard InChI is InChI=1S/C15H20N2O3S/c1-10(2)15(11-4-3-9-21-11)16-12(18)7-8-17-13(19)5-6-14(17)20/h3-4,9-10,15H,5-8H2,1-2H3,(H,16,18)/t15-/m0/s1. The van der Waals surface area contributed by atoms with Gasteiger partial charge < -0.3 is 5.32 Å². The van der Waals surface area contributed by atoms with Crippen LogP contribution in [0.1, 0.15) is 44.0 Å². The summed E-state index contributed by atoms with van der Waals surface area (Å²) in [7, 11) is 0. The highest BCUT2D eigenvalue weighted by molar-refractivity contribution is 7.10. The van der Waals surface area contributed by atoms with Gasteiger partial charge in [-0.25, -0.2) is 0 Å². The van der Waals surface area contributed by atoms with Gasteiger partial charge in [-0.15, -0.1) is 11.3 Å². The van der Waals surface area contributed by atoms with E-state index in [0.29, 0.717) is 0 Å². The second-order valence-corrected chi connectivity index (χ2v) is 6.47. The van der Waals surface area contributed by atoms with E-state index in [1.165, 1.54) is 4.90 Å². The van der Waals surface area contributed by atoms with Crippen molar-refractivity contribution in [3.8, 4) is 0 Å². The van der Waals surface area contributed by atoms with Crippen LogP contribution in [0.2, 0.25) is 0 Å². The van der Waals surface area contributed by atoms with Crippen molar-refractivity contribution in [1.82, 2.24) is 10.2 Å². The molecule has 0 spiro atoms. The molecule has 3 amide bonds. The first-order valence-corrected chi connectivity index (χ1v) is 8.03. The lowest BCUT2D eigenvalue weighted by Crippen LogP contribution is -2.36. The Hall–Kier alpha value is -1.69. The molecule has 1 saturated heterocycles. The van der Waals surface area contributed by atoms with Gasteiger partial charge in [0, 0.05) is 30.7 Å². The van der Waals surface area contributed by atoms with E-state index in [1.807, 2.05) is 17.5 Å². The van der Waals surface area contributed by atoms with Crippen LogP contribution in [-0.4, -0.2) is 29.2 Å². The Bertz CT molecular complexity index is 509. The predicted octanol–water partition coefficient (Wildman–Crippen LogP) is 2.10. The van der Waals surface area contributed by atoms with Crippen LogP contribution in [-0.2, 0) is 14.4 Å². The van der Waals surface area contributed by atoms with E-state index < -0.39 is 0 Å². The zero-order valence-corrected chi connectivity index (χ0v) is 13.1. The summed E-state index contributed by atoms with van der Waals surface area (Å²) in [6, 6.07) is 3.94. The number of nitrogens with zero attached hydrogens (tertiary/aromatic N) is 1. The maximum Gasteiger partial charge on any atom is 0.229 e. The normalized spacial score (nSPS) is 16.6. The molecule has 1 aliphatic rings. The molecule has 1 fully saturated rings. The monoisotopic (exact) mass is 308 g/mol. The van der Waals surface area contributed by atoms with Crippen LogP contribution in [0.3, 0.4) is 0 Å². The second-order valence-electron chi connectivity index (χ2n) is 5.49. The number of rotatable bonds is 6. The van der Waals surface area contributed by atoms with Crippen molar-refractivity contribution in [2.45, 2.75) is 39.2 Å². The molecule has 1 aliphatic heterocycles. The van der Waals surface area contributed by atoms with E-state index in [0.717, 1.165) is 4.88 Å². The van der Waals surface area contributed by atoms with Gasteiger partial charge in [-0.2, -0.15) is 0 Å². The van der Waals surface area contributed by atoms with Crippen molar-refractivity contribution < 1.29 is 14.4 Å². The minimum Gasteiger partial charge on any atom is -0.348 e. The average molecular weight is 308 g/mol. The van der Waals surface area contributed by atoms with Gasteiger partial charge in [0.15, 0.2) is 0 Å². The van der Waals surface area contributed by atoms with Gasteiger partial charge in [-0.3, -0.25) is 19.3 Å². The summed E-state index contributed by atoms with van der Waals surface area (Å²) >= 11 is 1.61. The fraction of sp³-hybridized carbons (Fsp3) is 0.533. The number of imide groups is 1. The summed E-state index contributed by atoms with van der Waals surface area (Å²) in [6.45, 7) is 4.29. The van der Waals surface area contributed by atoms with Gasteiger partial charge in [0.1, 0.15) is 0 Å². The van der Waals surface area contributed by atoms with Crippen LogP contribution in [0, 0.1) is 5.92 Å².